The van der Waals surface area contributed by atoms with Gasteiger partial charge in [-0.3, -0.25) is 0 Å². The Kier molecular flexibility index (Phi) is 3.35. The van der Waals surface area contributed by atoms with E-state index in [1.54, 1.807) is 25.1 Å². The van der Waals surface area contributed by atoms with Crippen molar-refractivity contribution in [2.45, 2.75) is 11.8 Å². The molecule has 0 unspecified atom stereocenters. The summed E-state index contributed by atoms with van der Waals surface area (Å²) in [6.07, 6.45) is 0. The van der Waals surface area contributed by atoms with E-state index in [1.807, 2.05) is 36.4 Å². The minimum absolute atomic E-state index is 0.0510. The third-order valence-corrected chi connectivity index (χ3v) is 5.65. The second-order valence-electron chi connectivity index (χ2n) is 5.44. The minimum atomic E-state index is -3.27. The highest BCUT2D eigenvalue weighted by Gasteiger charge is 2.15. The summed E-state index contributed by atoms with van der Waals surface area (Å²) in [6, 6.07) is 16.3. The fourth-order valence-electron chi connectivity index (χ4n) is 2.56. The van der Waals surface area contributed by atoms with E-state index in [-0.39, 0.29) is 10.6 Å². The van der Waals surface area contributed by atoms with E-state index in [9.17, 15) is 8.42 Å². The van der Waals surface area contributed by atoms with Crippen LogP contribution in [0.15, 0.2) is 63.9 Å². The second kappa shape index (κ2) is 5.42. The Labute approximate surface area is 138 Å². The summed E-state index contributed by atoms with van der Waals surface area (Å²) in [7, 11) is -3.27. The Morgan fingerprint density at radius 2 is 1.79 bits per heavy atom. The molecule has 0 aliphatic carbocycles. The van der Waals surface area contributed by atoms with Crippen molar-refractivity contribution in [1.29, 1.82) is 0 Å². The van der Waals surface area contributed by atoms with Crippen LogP contribution < -0.4 is 0 Å². The SMILES string of the molecule is CCS(=O)(=O)c1ccc2oc(-c3ccc4ccccc4n3)nc2c1. The number of oxazole rings is 1. The summed E-state index contributed by atoms with van der Waals surface area (Å²) in [5.74, 6) is 0.428. The van der Waals surface area contributed by atoms with Gasteiger partial charge >= 0.3 is 0 Å². The van der Waals surface area contributed by atoms with Crippen molar-refractivity contribution in [2.75, 3.05) is 5.75 Å². The number of rotatable bonds is 3. The number of benzene rings is 2. The average molecular weight is 338 g/mol. The molecule has 5 nitrogen and oxygen atoms in total. The van der Waals surface area contributed by atoms with Gasteiger partial charge in [-0.1, -0.05) is 31.2 Å². The molecule has 2 heterocycles. The van der Waals surface area contributed by atoms with E-state index in [0.717, 1.165) is 10.9 Å². The second-order valence-corrected chi connectivity index (χ2v) is 7.72. The molecular formula is C18H14N2O3S. The van der Waals surface area contributed by atoms with Gasteiger partial charge in [0.05, 0.1) is 16.2 Å². The molecule has 0 aliphatic rings. The van der Waals surface area contributed by atoms with Gasteiger partial charge < -0.3 is 4.42 Å². The van der Waals surface area contributed by atoms with Gasteiger partial charge in [0.15, 0.2) is 15.4 Å². The Balaban J connectivity index is 1.84. The third-order valence-electron chi connectivity index (χ3n) is 3.92. The van der Waals surface area contributed by atoms with Crippen molar-refractivity contribution in [1.82, 2.24) is 9.97 Å². The number of para-hydroxylation sites is 1. The molecule has 24 heavy (non-hydrogen) atoms. The predicted molar refractivity (Wildman–Crippen MR) is 92.5 cm³/mol. The van der Waals surface area contributed by atoms with Crippen LogP contribution in [0.3, 0.4) is 0 Å². The van der Waals surface area contributed by atoms with E-state index in [1.165, 1.54) is 0 Å². The van der Waals surface area contributed by atoms with Crippen LogP contribution in [0.2, 0.25) is 0 Å². The number of nitrogens with zero attached hydrogens (tertiary/aromatic N) is 2. The summed E-state index contributed by atoms with van der Waals surface area (Å²) in [6.45, 7) is 1.62. The van der Waals surface area contributed by atoms with Crippen LogP contribution in [-0.2, 0) is 9.84 Å². The number of hydrogen-bond donors (Lipinski definition) is 0. The minimum Gasteiger partial charge on any atom is -0.435 e. The summed E-state index contributed by atoms with van der Waals surface area (Å²) < 4.78 is 29.7. The maximum absolute atomic E-state index is 12.0. The first-order valence-corrected chi connectivity index (χ1v) is 9.21. The highest BCUT2D eigenvalue weighted by atomic mass is 32.2. The van der Waals surface area contributed by atoms with Crippen molar-refractivity contribution in [3.05, 3.63) is 54.6 Å². The number of sulfone groups is 1. The van der Waals surface area contributed by atoms with Crippen LogP contribution >= 0.6 is 0 Å². The highest BCUT2D eigenvalue weighted by molar-refractivity contribution is 7.91. The lowest BCUT2D eigenvalue weighted by molar-refractivity contribution is 0.597. The zero-order valence-corrected chi connectivity index (χ0v) is 13.7. The highest BCUT2D eigenvalue weighted by Crippen LogP contribution is 2.26. The van der Waals surface area contributed by atoms with Crippen molar-refractivity contribution in [3.63, 3.8) is 0 Å². The molecule has 6 heteroatoms. The largest absolute Gasteiger partial charge is 0.435 e. The quantitative estimate of drug-likeness (QED) is 0.567. The van der Waals surface area contributed by atoms with Gasteiger partial charge in [0.25, 0.3) is 0 Å². The standard InChI is InChI=1S/C18H14N2O3S/c1-2-24(21,22)13-8-10-17-16(11-13)20-18(23-17)15-9-7-12-5-3-4-6-14(12)19-15/h3-11H,2H2,1H3. The smallest absolute Gasteiger partial charge is 0.246 e. The molecule has 0 saturated carbocycles. The molecule has 2 aromatic carbocycles. The van der Waals surface area contributed by atoms with Gasteiger partial charge in [-0.2, -0.15) is 0 Å². The third kappa shape index (κ3) is 2.45. The lowest BCUT2D eigenvalue weighted by Gasteiger charge is -1.99. The summed E-state index contributed by atoms with van der Waals surface area (Å²) in [5, 5.41) is 1.04. The lowest BCUT2D eigenvalue weighted by Crippen LogP contribution is -2.03. The van der Waals surface area contributed by atoms with Gasteiger partial charge in [-0.25, -0.2) is 18.4 Å². The number of aromatic nitrogens is 2. The maximum Gasteiger partial charge on any atom is 0.246 e. The molecular weight excluding hydrogens is 324 g/mol. The van der Waals surface area contributed by atoms with Gasteiger partial charge in [0, 0.05) is 5.39 Å². The number of hydrogen-bond acceptors (Lipinski definition) is 5. The molecule has 0 bridgehead atoms. The van der Waals surface area contributed by atoms with E-state index >= 15 is 0 Å². The number of pyridine rings is 1. The molecule has 0 aliphatic heterocycles. The zero-order chi connectivity index (χ0) is 16.7. The van der Waals surface area contributed by atoms with Crippen molar-refractivity contribution < 1.29 is 12.8 Å². The zero-order valence-electron chi connectivity index (χ0n) is 12.9. The molecule has 120 valence electrons. The van der Waals surface area contributed by atoms with Crippen LogP contribution in [0.25, 0.3) is 33.6 Å². The first-order valence-electron chi connectivity index (χ1n) is 7.56. The Morgan fingerprint density at radius 1 is 0.958 bits per heavy atom. The lowest BCUT2D eigenvalue weighted by atomic mass is 10.2. The molecule has 0 radical (unpaired) electrons. The van der Waals surface area contributed by atoms with Gasteiger partial charge in [0.2, 0.25) is 5.89 Å². The predicted octanol–water partition coefficient (Wildman–Crippen LogP) is 3.84. The summed E-state index contributed by atoms with van der Waals surface area (Å²) >= 11 is 0. The van der Waals surface area contributed by atoms with E-state index in [0.29, 0.717) is 22.7 Å². The van der Waals surface area contributed by atoms with Gasteiger partial charge in [-0.15, -0.1) is 0 Å². The molecule has 2 aromatic heterocycles. The molecule has 0 saturated heterocycles. The normalized spacial score (nSPS) is 12.0. The van der Waals surface area contributed by atoms with Gasteiger partial charge in [-0.05, 0) is 30.3 Å². The van der Waals surface area contributed by atoms with Crippen molar-refractivity contribution in [2.24, 2.45) is 0 Å². The summed E-state index contributed by atoms with van der Waals surface area (Å²) in [4.78, 5) is 9.21. The Bertz CT molecular complexity index is 1160. The average Bonchev–Trinajstić information content (AvgIpc) is 3.04. The van der Waals surface area contributed by atoms with Crippen LogP contribution in [-0.4, -0.2) is 24.1 Å². The fraction of sp³-hybridized carbons (Fsp3) is 0.111. The van der Waals surface area contributed by atoms with Crippen molar-refractivity contribution in [3.8, 4) is 11.6 Å². The van der Waals surface area contributed by atoms with Gasteiger partial charge in [0.1, 0.15) is 11.2 Å². The molecule has 4 rings (SSSR count). The van der Waals surface area contributed by atoms with Crippen LogP contribution in [0.5, 0.6) is 0 Å². The maximum atomic E-state index is 12.0. The molecule has 0 amide bonds. The van der Waals surface area contributed by atoms with E-state index in [2.05, 4.69) is 9.97 Å². The molecule has 0 spiro atoms. The van der Waals surface area contributed by atoms with Crippen LogP contribution in [0.1, 0.15) is 6.92 Å². The molecule has 0 atom stereocenters. The Hall–Kier alpha value is -2.73. The van der Waals surface area contributed by atoms with E-state index in [4.69, 9.17) is 4.42 Å². The van der Waals surface area contributed by atoms with Crippen molar-refractivity contribution >= 4 is 31.8 Å². The Morgan fingerprint density at radius 3 is 2.62 bits per heavy atom. The molecule has 0 N–H and O–H groups in total. The number of fused-ring (bicyclic) bond motifs is 2. The first kappa shape index (κ1) is 14.8. The van der Waals surface area contributed by atoms with E-state index < -0.39 is 9.84 Å². The summed E-state index contributed by atoms with van der Waals surface area (Å²) in [5.41, 5.74) is 2.51. The van der Waals surface area contributed by atoms with Crippen LogP contribution in [0.4, 0.5) is 0 Å². The first-order chi connectivity index (χ1) is 11.6. The monoisotopic (exact) mass is 338 g/mol. The van der Waals surface area contributed by atoms with Crippen LogP contribution in [0, 0.1) is 0 Å². The fourth-order valence-corrected chi connectivity index (χ4v) is 3.46. The molecule has 0 fully saturated rings. The topological polar surface area (TPSA) is 73.1 Å². The molecule has 4 aromatic rings.